The van der Waals surface area contributed by atoms with Crippen LogP contribution in [0.25, 0.3) is 99.5 Å². The van der Waals surface area contributed by atoms with Crippen LogP contribution < -0.4 is 4.90 Å². The van der Waals surface area contributed by atoms with E-state index in [9.17, 15) is 0 Å². The van der Waals surface area contributed by atoms with Crippen LogP contribution in [-0.2, 0) is 5.41 Å². The van der Waals surface area contributed by atoms with Crippen LogP contribution in [0.5, 0.6) is 0 Å². The molecule has 12 aromatic carbocycles. The summed E-state index contributed by atoms with van der Waals surface area (Å²) in [7, 11) is 0. The molecule has 1 spiro atoms. The Bertz CT molecular complexity index is 4580. The van der Waals surface area contributed by atoms with Crippen LogP contribution in [0.15, 0.2) is 285 Å². The highest BCUT2D eigenvalue weighted by molar-refractivity contribution is 6.13. The summed E-state index contributed by atoms with van der Waals surface area (Å²) in [5.41, 5.74) is 24.9. The van der Waals surface area contributed by atoms with Crippen molar-refractivity contribution in [2.75, 3.05) is 4.90 Å². The Morgan fingerprint density at radius 1 is 0.276 bits per heavy atom. The number of fused-ring (bicyclic) bond motifs is 15. The van der Waals surface area contributed by atoms with Crippen molar-refractivity contribution in [3.8, 4) is 55.9 Å². The molecule has 76 heavy (non-hydrogen) atoms. The number of hydrogen-bond donors (Lipinski definition) is 0. The Kier molecular flexibility index (Phi) is 9.25. The lowest BCUT2D eigenvalue weighted by molar-refractivity contribution is 0.749. The standard InChI is InChI=1S/C73H47N3/c1-2-19-49(20-3-1)54-21-4-5-22-55(54)58-24-7-13-32-67(58)74(52-42-44-53(45-43-52)75-68-33-14-8-25-59(68)60-26-9-15-34-69(60)75)51-40-37-48(38-41-51)50-39-46-57-56-23-6-11-29-63(56)73(66(57)47-50)64-30-12-17-36-71(64)76-70-35-16-10-27-61(70)62-28-18-31-65(73)72(62)76/h1-47H. The van der Waals surface area contributed by atoms with Gasteiger partial charge in [0.25, 0.3) is 0 Å². The molecule has 2 aliphatic rings. The lowest BCUT2D eigenvalue weighted by Crippen LogP contribution is -2.33. The Hall–Kier alpha value is -9.96. The van der Waals surface area contributed by atoms with Gasteiger partial charge in [-0.25, -0.2) is 0 Å². The van der Waals surface area contributed by atoms with E-state index in [1.807, 2.05) is 0 Å². The molecular weight excluding hydrogens is 919 g/mol. The summed E-state index contributed by atoms with van der Waals surface area (Å²) in [6.07, 6.45) is 0. The van der Waals surface area contributed by atoms with Gasteiger partial charge in [-0.2, -0.15) is 0 Å². The zero-order valence-electron chi connectivity index (χ0n) is 41.5. The SMILES string of the molecule is c1ccc(-c2ccccc2-c2ccccc2N(c2ccc(-c3ccc4c(c3)C3(c5ccccc5-4)c4ccccc4-n4c5ccccc5c5cccc3c54)cc2)c2ccc(-n3c4ccccc4c4ccccc43)cc2)cc1. The van der Waals surface area contributed by atoms with Gasteiger partial charge < -0.3 is 14.0 Å². The molecule has 16 rings (SSSR count). The first kappa shape index (κ1) is 42.5. The average Bonchev–Trinajstić information content (AvgIpc) is 3.96. The van der Waals surface area contributed by atoms with E-state index in [1.54, 1.807) is 0 Å². The minimum atomic E-state index is -0.524. The minimum absolute atomic E-state index is 0.524. The van der Waals surface area contributed by atoms with E-state index < -0.39 is 5.41 Å². The Morgan fingerprint density at radius 3 is 1.50 bits per heavy atom. The molecule has 3 heterocycles. The fourth-order valence-corrected chi connectivity index (χ4v) is 13.4. The molecule has 0 saturated carbocycles. The molecule has 0 fully saturated rings. The molecule has 1 aliphatic heterocycles. The lowest BCUT2D eigenvalue weighted by Gasteiger charge is -2.39. The molecular formula is C73H47N3. The van der Waals surface area contributed by atoms with Crippen LogP contribution in [0, 0.1) is 0 Å². The van der Waals surface area contributed by atoms with Crippen molar-refractivity contribution in [3.05, 3.63) is 307 Å². The summed E-state index contributed by atoms with van der Waals surface area (Å²) in [4.78, 5) is 2.43. The van der Waals surface area contributed by atoms with Crippen LogP contribution in [0.4, 0.5) is 17.1 Å². The maximum atomic E-state index is 2.52. The van der Waals surface area contributed by atoms with E-state index in [2.05, 4.69) is 299 Å². The highest BCUT2D eigenvalue weighted by Crippen LogP contribution is 2.61. The third kappa shape index (κ3) is 5.99. The van der Waals surface area contributed by atoms with Gasteiger partial charge in [0, 0.05) is 44.2 Å². The number of nitrogens with zero attached hydrogens (tertiary/aromatic N) is 3. The molecule has 0 N–H and O–H groups in total. The van der Waals surface area contributed by atoms with Crippen molar-refractivity contribution in [2.45, 2.75) is 5.41 Å². The third-order valence-corrected chi connectivity index (χ3v) is 16.5. The number of anilines is 3. The minimum Gasteiger partial charge on any atom is -0.310 e. The zero-order chi connectivity index (χ0) is 49.9. The first-order valence-corrected chi connectivity index (χ1v) is 26.3. The van der Waals surface area contributed by atoms with Crippen LogP contribution >= 0.6 is 0 Å². The second-order valence-corrected chi connectivity index (χ2v) is 20.3. The average molecular weight is 966 g/mol. The molecule has 0 saturated heterocycles. The van der Waals surface area contributed by atoms with Gasteiger partial charge in [0.15, 0.2) is 0 Å². The molecule has 2 aromatic heterocycles. The van der Waals surface area contributed by atoms with E-state index in [0.29, 0.717) is 0 Å². The molecule has 14 aromatic rings. The predicted molar refractivity (Wildman–Crippen MR) is 317 cm³/mol. The van der Waals surface area contributed by atoms with Crippen molar-refractivity contribution in [2.24, 2.45) is 0 Å². The molecule has 1 unspecified atom stereocenters. The van der Waals surface area contributed by atoms with Crippen LogP contribution in [0.1, 0.15) is 22.3 Å². The van der Waals surface area contributed by atoms with Gasteiger partial charge in [0.1, 0.15) is 0 Å². The van der Waals surface area contributed by atoms with Crippen LogP contribution in [-0.4, -0.2) is 9.13 Å². The van der Waals surface area contributed by atoms with Gasteiger partial charge in [0.05, 0.1) is 38.9 Å². The molecule has 3 heteroatoms. The van der Waals surface area contributed by atoms with Gasteiger partial charge in [0.2, 0.25) is 0 Å². The normalized spacial score (nSPS) is 14.1. The van der Waals surface area contributed by atoms with E-state index >= 15 is 0 Å². The van der Waals surface area contributed by atoms with Crippen molar-refractivity contribution >= 4 is 60.7 Å². The number of rotatable bonds is 7. The van der Waals surface area contributed by atoms with E-state index in [-0.39, 0.29) is 0 Å². The van der Waals surface area contributed by atoms with Crippen LogP contribution in [0.3, 0.4) is 0 Å². The summed E-state index contributed by atoms with van der Waals surface area (Å²) in [6.45, 7) is 0. The summed E-state index contributed by atoms with van der Waals surface area (Å²) < 4.78 is 4.91. The molecule has 3 nitrogen and oxygen atoms in total. The first-order valence-electron chi connectivity index (χ1n) is 26.3. The van der Waals surface area contributed by atoms with Crippen molar-refractivity contribution in [3.63, 3.8) is 0 Å². The van der Waals surface area contributed by atoms with Crippen molar-refractivity contribution in [1.82, 2.24) is 9.13 Å². The molecule has 0 amide bonds. The summed E-state index contributed by atoms with van der Waals surface area (Å²) in [5.74, 6) is 0. The van der Waals surface area contributed by atoms with Gasteiger partial charge in [-0.05, 0) is 134 Å². The van der Waals surface area contributed by atoms with E-state index in [1.165, 1.54) is 110 Å². The maximum Gasteiger partial charge on any atom is 0.0754 e. The monoisotopic (exact) mass is 965 g/mol. The highest BCUT2D eigenvalue weighted by Gasteiger charge is 2.50. The van der Waals surface area contributed by atoms with Gasteiger partial charge >= 0.3 is 0 Å². The maximum absolute atomic E-state index is 2.52. The molecule has 1 aliphatic carbocycles. The lowest BCUT2D eigenvalue weighted by atomic mass is 9.65. The molecule has 0 bridgehead atoms. The van der Waals surface area contributed by atoms with E-state index in [4.69, 9.17) is 0 Å². The van der Waals surface area contributed by atoms with Crippen LogP contribution in [0.2, 0.25) is 0 Å². The molecule has 0 radical (unpaired) electrons. The summed E-state index contributed by atoms with van der Waals surface area (Å²) in [5, 5.41) is 5.07. The Morgan fingerprint density at radius 2 is 0.776 bits per heavy atom. The summed E-state index contributed by atoms with van der Waals surface area (Å²) in [6, 6.07) is 106. The number of hydrogen-bond acceptors (Lipinski definition) is 1. The smallest absolute Gasteiger partial charge is 0.0754 e. The second kappa shape index (κ2) is 16.5. The number of aromatic nitrogens is 2. The third-order valence-electron chi connectivity index (χ3n) is 16.5. The molecule has 354 valence electrons. The molecule has 1 atom stereocenters. The second-order valence-electron chi connectivity index (χ2n) is 20.3. The first-order chi connectivity index (χ1) is 37.7. The fraction of sp³-hybridized carbons (Fsp3) is 0.0137. The summed E-state index contributed by atoms with van der Waals surface area (Å²) >= 11 is 0. The van der Waals surface area contributed by atoms with Crippen molar-refractivity contribution in [1.29, 1.82) is 0 Å². The van der Waals surface area contributed by atoms with Gasteiger partial charge in [-0.3, -0.25) is 0 Å². The van der Waals surface area contributed by atoms with Gasteiger partial charge in [-0.1, -0.05) is 212 Å². The quantitative estimate of drug-likeness (QED) is 0.155. The fourth-order valence-electron chi connectivity index (χ4n) is 13.4. The van der Waals surface area contributed by atoms with E-state index in [0.717, 1.165) is 28.3 Å². The zero-order valence-corrected chi connectivity index (χ0v) is 41.5. The van der Waals surface area contributed by atoms with Crippen molar-refractivity contribution < 1.29 is 0 Å². The predicted octanol–water partition coefficient (Wildman–Crippen LogP) is 19.0. The van der Waals surface area contributed by atoms with Gasteiger partial charge in [-0.15, -0.1) is 0 Å². The highest BCUT2D eigenvalue weighted by atomic mass is 15.1. The largest absolute Gasteiger partial charge is 0.310 e. The Labute approximate surface area is 441 Å². The number of para-hydroxylation sites is 6. The number of benzene rings is 12. The Balaban J connectivity index is 0.864. The topological polar surface area (TPSA) is 13.1 Å².